The summed E-state index contributed by atoms with van der Waals surface area (Å²) in [7, 11) is 0. The van der Waals surface area contributed by atoms with Gasteiger partial charge in [-0.15, -0.1) is 0 Å². The highest BCUT2D eigenvalue weighted by Gasteiger charge is 2.11. The van der Waals surface area contributed by atoms with Crippen LogP contribution in [-0.2, 0) is 6.54 Å². The maximum atomic E-state index is 6.15. The lowest BCUT2D eigenvalue weighted by Crippen LogP contribution is -2.03. The van der Waals surface area contributed by atoms with Gasteiger partial charge in [0.25, 0.3) is 0 Å². The van der Waals surface area contributed by atoms with E-state index < -0.39 is 0 Å². The molecule has 4 rings (SSSR count). The molecule has 0 saturated carbocycles. The molecular weight excluding hydrogens is 346 g/mol. The summed E-state index contributed by atoms with van der Waals surface area (Å²) < 4.78 is 1.93. The second kappa shape index (κ2) is 6.87. The van der Waals surface area contributed by atoms with Gasteiger partial charge in [0.1, 0.15) is 11.2 Å². The van der Waals surface area contributed by atoms with E-state index in [1.807, 2.05) is 41.0 Å². The average Bonchev–Trinajstić information content (AvgIpc) is 3.04. The minimum atomic E-state index is 0.163. The first kappa shape index (κ1) is 16.1. The molecule has 2 aromatic carbocycles. The lowest BCUT2D eigenvalue weighted by molar-refractivity contribution is 0.814. The molecular formula is C20H14ClN5. The zero-order valence-electron chi connectivity index (χ0n) is 13.7. The van der Waals surface area contributed by atoms with Crippen LogP contribution in [-0.4, -0.2) is 19.5 Å². The van der Waals surface area contributed by atoms with Crippen molar-refractivity contribution in [1.29, 1.82) is 0 Å². The number of hydrogen-bond donors (Lipinski definition) is 1. The van der Waals surface area contributed by atoms with Crippen LogP contribution in [0.3, 0.4) is 0 Å². The van der Waals surface area contributed by atoms with Crippen molar-refractivity contribution in [1.82, 2.24) is 19.5 Å². The molecule has 6 heteroatoms. The molecule has 26 heavy (non-hydrogen) atoms. The number of nitrogen functional groups attached to an aromatic ring is 1. The molecule has 5 nitrogen and oxygen atoms in total. The van der Waals surface area contributed by atoms with Gasteiger partial charge in [0, 0.05) is 5.56 Å². The fraction of sp³-hybridized carbons (Fsp3) is 0.0500. The Kier molecular flexibility index (Phi) is 4.26. The molecule has 0 unspecified atom stereocenters. The van der Waals surface area contributed by atoms with E-state index >= 15 is 0 Å². The Morgan fingerprint density at radius 1 is 0.962 bits per heavy atom. The number of nitrogens with two attached hydrogens (primary N) is 1. The van der Waals surface area contributed by atoms with E-state index in [1.165, 1.54) is 0 Å². The van der Waals surface area contributed by atoms with Crippen LogP contribution in [0.25, 0.3) is 11.2 Å². The van der Waals surface area contributed by atoms with Gasteiger partial charge in [-0.05, 0) is 23.6 Å². The lowest BCUT2D eigenvalue weighted by atomic mass is 10.2. The van der Waals surface area contributed by atoms with Gasteiger partial charge in [-0.25, -0.2) is 9.97 Å². The fourth-order valence-corrected chi connectivity index (χ4v) is 2.82. The third kappa shape index (κ3) is 3.23. The normalized spacial score (nSPS) is 10.5. The van der Waals surface area contributed by atoms with Gasteiger partial charge in [0.15, 0.2) is 5.65 Å². The number of nitrogens with zero attached hydrogens (tertiary/aromatic N) is 4. The molecule has 0 fully saturated rings. The van der Waals surface area contributed by atoms with Crippen LogP contribution in [0.4, 0.5) is 5.95 Å². The monoisotopic (exact) mass is 359 g/mol. The zero-order chi connectivity index (χ0) is 17.9. The Labute approximate surface area is 155 Å². The first-order valence-corrected chi connectivity index (χ1v) is 8.37. The minimum Gasteiger partial charge on any atom is -0.368 e. The third-order valence-electron chi connectivity index (χ3n) is 3.87. The number of rotatable bonds is 2. The molecule has 0 atom stereocenters. The molecule has 0 saturated heterocycles. The van der Waals surface area contributed by atoms with Crippen molar-refractivity contribution in [3.63, 3.8) is 0 Å². The number of benzene rings is 2. The van der Waals surface area contributed by atoms with Crippen molar-refractivity contribution in [3.05, 3.63) is 82.8 Å². The molecule has 4 aromatic rings. The first-order valence-electron chi connectivity index (χ1n) is 7.99. The third-order valence-corrected chi connectivity index (χ3v) is 4.20. The van der Waals surface area contributed by atoms with Crippen LogP contribution in [0.15, 0.2) is 60.9 Å². The summed E-state index contributed by atoms with van der Waals surface area (Å²) in [5, 5.41) is 0.591. The van der Waals surface area contributed by atoms with Gasteiger partial charge in [-0.3, -0.25) is 0 Å². The van der Waals surface area contributed by atoms with Crippen LogP contribution in [0.5, 0.6) is 0 Å². The largest absolute Gasteiger partial charge is 0.368 e. The van der Waals surface area contributed by atoms with E-state index in [9.17, 15) is 0 Å². The predicted molar refractivity (Wildman–Crippen MR) is 103 cm³/mol. The van der Waals surface area contributed by atoms with Crippen LogP contribution in [0, 0.1) is 11.8 Å². The van der Waals surface area contributed by atoms with E-state index in [2.05, 4.69) is 38.9 Å². The van der Waals surface area contributed by atoms with E-state index in [1.54, 1.807) is 12.4 Å². The number of hydrogen-bond acceptors (Lipinski definition) is 4. The first-order chi connectivity index (χ1) is 12.7. The molecule has 0 bridgehead atoms. The maximum absolute atomic E-state index is 6.15. The van der Waals surface area contributed by atoms with E-state index in [0.29, 0.717) is 28.4 Å². The van der Waals surface area contributed by atoms with Crippen LogP contribution in [0.1, 0.15) is 16.8 Å². The van der Waals surface area contributed by atoms with Gasteiger partial charge >= 0.3 is 0 Å². The van der Waals surface area contributed by atoms with Gasteiger partial charge in [-0.2, -0.15) is 4.98 Å². The van der Waals surface area contributed by atoms with Gasteiger partial charge in [0.2, 0.25) is 5.95 Å². The molecule has 0 aliphatic rings. The van der Waals surface area contributed by atoms with Gasteiger partial charge < -0.3 is 10.3 Å². The standard InChI is InChI=1S/C20H14ClN5/c21-16-9-5-4-8-15(16)10-11-17-18-19(25-20(22)24-17)26(13-23-18)12-14-6-2-1-3-7-14/h1-9,13H,12H2,(H2,22,24,25). The van der Waals surface area contributed by atoms with Crippen LogP contribution < -0.4 is 5.73 Å². The van der Waals surface area contributed by atoms with E-state index in [4.69, 9.17) is 17.3 Å². The smallest absolute Gasteiger partial charge is 0.223 e. The summed E-state index contributed by atoms with van der Waals surface area (Å²) in [6.07, 6.45) is 1.73. The summed E-state index contributed by atoms with van der Waals surface area (Å²) >= 11 is 6.15. The molecule has 0 amide bonds. The van der Waals surface area contributed by atoms with Crippen molar-refractivity contribution in [2.24, 2.45) is 0 Å². The highest BCUT2D eigenvalue weighted by Crippen LogP contribution is 2.17. The summed E-state index contributed by atoms with van der Waals surface area (Å²) in [6.45, 7) is 0.644. The van der Waals surface area contributed by atoms with Gasteiger partial charge in [0.05, 0.1) is 17.9 Å². The molecule has 2 N–H and O–H groups in total. The number of anilines is 1. The summed E-state index contributed by atoms with van der Waals surface area (Å²) in [5.41, 5.74) is 9.52. The average molecular weight is 360 g/mol. The van der Waals surface area contributed by atoms with Gasteiger partial charge in [-0.1, -0.05) is 60.0 Å². The Balaban J connectivity index is 1.77. The van der Waals surface area contributed by atoms with Crippen molar-refractivity contribution in [3.8, 4) is 11.8 Å². The van der Waals surface area contributed by atoms with Crippen LogP contribution >= 0.6 is 11.6 Å². The molecule has 2 aromatic heterocycles. The number of fused-ring (bicyclic) bond motifs is 1. The lowest BCUT2D eigenvalue weighted by Gasteiger charge is -2.04. The highest BCUT2D eigenvalue weighted by molar-refractivity contribution is 6.31. The molecule has 2 heterocycles. The topological polar surface area (TPSA) is 69.6 Å². The molecule has 0 aliphatic heterocycles. The number of halogens is 1. The Morgan fingerprint density at radius 2 is 1.73 bits per heavy atom. The zero-order valence-corrected chi connectivity index (χ0v) is 14.5. The highest BCUT2D eigenvalue weighted by atomic mass is 35.5. The molecule has 126 valence electrons. The molecule has 0 radical (unpaired) electrons. The van der Waals surface area contributed by atoms with Crippen molar-refractivity contribution >= 4 is 28.7 Å². The quantitative estimate of drug-likeness (QED) is 0.556. The maximum Gasteiger partial charge on any atom is 0.223 e. The minimum absolute atomic E-state index is 0.163. The number of imidazole rings is 1. The van der Waals surface area contributed by atoms with Crippen molar-refractivity contribution < 1.29 is 0 Å². The Hall–Kier alpha value is -3.36. The summed E-state index contributed by atoms with van der Waals surface area (Å²) in [4.78, 5) is 13.0. The van der Waals surface area contributed by atoms with E-state index in [-0.39, 0.29) is 5.95 Å². The SMILES string of the molecule is Nc1nc(C#Cc2ccccc2Cl)c2ncn(Cc3ccccc3)c2n1. The summed E-state index contributed by atoms with van der Waals surface area (Å²) in [6, 6.07) is 17.5. The predicted octanol–water partition coefficient (Wildman–Crippen LogP) is 3.51. The Morgan fingerprint density at radius 3 is 2.54 bits per heavy atom. The Bertz CT molecular complexity index is 1140. The van der Waals surface area contributed by atoms with Crippen LogP contribution in [0.2, 0.25) is 5.02 Å². The number of aromatic nitrogens is 4. The second-order valence-corrected chi connectivity index (χ2v) is 6.10. The van der Waals surface area contributed by atoms with E-state index in [0.717, 1.165) is 11.1 Å². The molecule has 0 aliphatic carbocycles. The fourth-order valence-electron chi connectivity index (χ4n) is 2.63. The van der Waals surface area contributed by atoms with Crippen molar-refractivity contribution in [2.75, 3.05) is 5.73 Å². The molecule has 0 spiro atoms. The second-order valence-electron chi connectivity index (χ2n) is 5.69. The van der Waals surface area contributed by atoms with Crippen molar-refractivity contribution in [2.45, 2.75) is 6.54 Å². The summed E-state index contributed by atoms with van der Waals surface area (Å²) in [5.74, 6) is 6.21.